The van der Waals surface area contributed by atoms with Crippen LogP contribution >= 0.6 is 0 Å². The Morgan fingerprint density at radius 1 is 1.21 bits per heavy atom. The maximum atomic E-state index is 12.7. The van der Waals surface area contributed by atoms with Crippen LogP contribution in [0.3, 0.4) is 0 Å². The second kappa shape index (κ2) is 6.04. The highest BCUT2D eigenvalue weighted by molar-refractivity contribution is 5.85. The Hall–Kier alpha value is -1.59. The summed E-state index contributed by atoms with van der Waals surface area (Å²) in [7, 11) is 0. The average molecular weight is 261 g/mol. The number of carbonyl (C=O) groups is 1. The predicted molar refractivity (Wildman–Crippen MR) is 67.7 cm³/mol. The van der Waals surface area contributed by atoms with E-state index in [0.29, 0.717) is 32.5 Å². The molecular weight excluding hydrogens is 242 g/mol. The molecule has 1 heterocycles. The average Bonchev–Trinajstić information content (AvgIpc) is 2.73. The zero-order valence-corrected chi connectivity index (χ0v) is 11.1. The lowest BCUT2D eigenvalue weighted by atomic mass is 9.80. The number of hydrogen-bond acceptors (Lipinski definition) is 4. The first-order valence-electron chi connectivity index (χ1n) is 6.94. The van der Waals surface area contributed by atoms with Crippen LogP contribution in [0.4, 0.5) is 0 Å². The minimum absolute atomic E-state index is 0.0968. The van der Waals surface area contributed by atoms with Crippen molar-refractivity contribution in [2.45, 2.75) is 44.6 Å². The summed E-state index contributed by atoms with van der Waals surface area (Å²) in [4.78, 5) is 14.3. The summed E-state index contributed by atoms with van der Waals surface area (Å²) in [6, 6.07) is 4.31. The van der Waals surface area contributed by atoms with Crippen molar-refractivity contribution in [3.63, 3.8) is 0 Å². The molecule has 1 aliphatic carbocycles. The van der Waals surface area contributed by atoms with Gasteiger partial charge in [-0.05, 0) is 12.8 Å². The second-order valence-corrected chi connectivity index (χ2v) is 5.35. The Labute approximate surface area is 113 Å². The molecule has 0 spiro atoms. The van der Waals surface area contributed by atoms with Crippen LogP contribution in [0.2, 0.25) is 0 Å². The van der Waals surface area contributed by atoms with Gasteiger partial charge in [-0.25, -0.2) is 0 Å². The molecule has 1 saturated carbocycles. The standard InChI is InChI=1S/C14H19N3O2/c15-9-12-10-17(7-8-19-12)13(18)14(11-16)5-3-1-2-4-6-14/h12H,1-8,10H2. The van der Waals surface area contributed by atoms with E-state index in [1.807, 2.05) is 6.07 Å². The summed E-state index contributed by atoms with van der Waals surface area (Å²) in [6.07, 6.45) is 4.81. The maximum absolute atomic E-state index is 12.7. The fourth-order valence-corrected chi connectivity index (χ4v) is 2.92. The molecule has 5 nitrogen and oxygen atoms in total. The number of amides is 1. The molecule has 1 saturated heterocycles. The van der Waals surface area contributed by atoms with Crippen LogP contribution < -0.4 is 0 Å². The molecule has 0 N–H and O–H groups in total. The van der Waals surface area contributed by atoms with Crippen molar-refractivity contribution in [2.75, 3.05) is 19.7 Å². The van der Waals surface area contributed by atoms with E-state index in [1.165, 1.54) is 0 Å². The van der Waals surface area contributed by atoms with Gasteiger partial charge in [-0.3, -0.25) is 4.79 Å². The number of hydrogen-bond donors (Lipinski definition) is 0. The zero-order chi connectivity index (χ0) is 13.7. The molecule has 1 unspecified atom stereocenters. The van der Waals surface area contributed by atoms with Gasteiger partial charge in [-0.1, -0.05) is 25.7 Å². The first-order chi connectivity index (χ1) is 9.22. The second-order valence-electron chi connectivity index (χ2n) is 5.35. The summed E-state index contributed by atoms with van der Waals surface area (Å²) < 4.78 is 5.25. The van der Waals surface area contributed by atoms with Gasteiger partial charge in [0.2, 0.25) is 5.91 Å². The Morgan fingerprint density at radius 2 is 1.89 bits per heavy atom. The summed E-state index contributed by atoms with van der Waals surface area (Å²) in [5.74, 6) is -0.0968. The molecule has 2 rings (SSSR count). The molecule has 0 aromatic rings. The Morgan fingerprint density at radius 3 is 2.47 bits per heavy atom. The van der Waals surface area contributed by atoms with Gasteiger partial charge < -0.3 is 9.64 Å². The molecule has 2 aliphatic rings. The molecule has 5 heteroatoms. The SMILES string of the molecule is N#CC1CN(C(=O)C2(C#N)CCCCCC2)CCO1. The van der Waals surface area contributed by atoms with E-state index in [2.05, 4.69) is 6.07 Å². The highest BCUT2D eigenvalue weighted by Gasteiger charge is 2.42. The van der Waals surface area contributed by atoms with Crippen molar-refractivity contribution in [2.24, 2.45) is 5.41 Å². The summed E-state index contributed by atoms with van der Waals surface area (Å²) in [5, 5.41) is 18.4. The van der Waals surface area contributed by atoms with Crippen LogP contribution in [-0.4, -0.2) is 36.6 Å². The number of nitrogens with zero attached hydrogens (tertiary/aromatic N) is 3. The topological polar surface area (TPSA) is 77.1 Å². The quantitative estimate of drug-likeness (QED) is 0.672. The van der Waals surface area contributed by atoms with E-state index in [9.17, 15) is 10.1 Å². The molecule has 1 aliphatic heterocycles. The molecule has 2 fully saturated rings. The molecule has 1 atom stereocenters. The molecule has 0 aromatic heterocycles. The lowest BCUT2D eigenvalue weighted by Gasteiger charge is -2.35. The van der Waals surface area contributed by atoms with Crippen molar-refractivity contribution < 1.29 is 9.53 Å². The molecular formula is C14H19N3O2. The first kappa shape index (κ1) is 13.8. The van der Waals surface area contributed by atoms with E-state index in [1.54, 1.807) is 4.90 Å². The zero-order valence-electron chi connectivity index (χ0n) is 11.1. The fraction of sp³-hybridized carbons (Fsp3) is 0.786. The third-order valence-electron chi connectivity index (χ3n) is 4.08. The summed E-state index contributed by atoms with van der Waals surface area (Å²) >= 11 is 0. The van der Waals surface area contributed by atoms with Crippen LogP contribution in [0.15, 0.2) is 0 Å². The molecule has 1 amide bonds. The van der Waals surface area contributed by atoms with Crippen LogP contribution in [0.1, 0.15) is 38.5 Å². The van der Waals surface area contributed by atoms with E-state index >= 15 is 0 Å². The Kier molecular flexibility index (Phi) is 4.39. The smallest absolute Gasteiger partial charge is 0.243 e. The molecule has 0 aromatic carbocycles. The minimum atomic E-state index is -0.867. The van der Waals surface area contributed by atoms with Gasteiger partial charge in [-0.15, -0.1) is 0 Å². The number of morpholine rings is 1. The number of ether oxygens (including phenoxy) is 1. The Balaban J connectivity index is 2.12. The van der Waals surface area contributed by atoms with Crippen LogP contribution in [-0.2, 0) is 9.53 Å². The normalized spacial score (nSPS) is 26.8. The van der Waals surface area contributed by atoms with Gasteiger partial charge in [0, 0.05) is 6.54 Å². The number of rotatable bonds is 1. The van der Waals surface area contributed by atoms with Gasteiger partial charge in [0.1, 0.15) is 5.41 Å². The first-order valence-corrected chi connectivity index (χ1v) is 6.94. The summed E-state index contributed by atoms with van der Waals surface area (Å²) in [6.45, 7) is 1.16. The van der Waals surface area contributed by atoms with Crippen LogP contribution in [0, 0.1) is 28.1 Å². The Bertz CT molecular complexity index is 413. The van der Waals surface area contributed by atoms with Gasteiger partial charge in [0.15, 0.2) is 6.10 Å². The van der Waals surface area contributed by atoms with Crippen molar-refractivity contribution >= 4 is 5.91 Å². The molecule has 0 bridgehead atoms. The van der Waals surface area contributed by atoms with Crippen molar-refractivity contribution in [3.05, 3.63) is 0 Å². The third kappa shape index (κ3) is 2.88. The number of carbonyl (C=O) groups excluding carboxylic acids is 1. The highest BCUT2D eigenvalue weighted by atomic mass is 16.5. The van der Waals surface area contributed by atoms with E-state index in [0.717, 1.165) is 25.7 Å². The fourth-order valence-electron chi connectivity index (χ4n) is 2.92. The minimum Gasteiger partial charge on any atom is -0.360 e. The van der Waals surface area contributed by atoms with Gasteiger partial charge >= 0.3 is 0 Å². The van der Waals surface area contributed by atoms with Gasteiger partial charge in [-0.2, -0.15) is 10.5 Å². The number of nitriles is 2. The van der Waals surface area contributed by atoms with Crippen molar-refractivity contribution in [1.29, 1.82) is 10.5 Å². The van der Waals surface area contributed by atoms with E-state index in [4.69, 9.17) is 10.00 Å². The maximum Gasteiger partial charge on any atom is 0.243 e. The van der Waals surface area contributed by atoms with Gasteiger partial charge in [0.25, 0.3) is 0 Å². The van der Waals surface area contributed by atoms with Gasteiger partial charge in [0.05, 0.1) is 25.3 Å². The molecule has 0 radical (unpaired) electrons. The molecule has 102 valence electrons. The van der Waals surface area contributed by atoms with Crippen molar-refractivity contribution in [3.8, 4) is 12.1 Å². The lowest BCUT2D eigenvalue weighted by Crippen LogP contribution is -2.50. The van der Waals surface area contributed by atoms with E-state index in [-0.39, 0.29) is 5.91 Å². The van der Waals surface area contributed by atoms with Crippen LogP contribution in [0.5, 0.6) is 0 Å². The largest absolute Gasteiger partial charge is 0.360 e. The lowest BCUT2D eigenvalue weighted by molar-refractivity contribution is -0.145. The highest BCUT2D eigenvalue weighted by Crippen LogP contribution is 2.36. The predicted octanol–water partition coefficient (Wildman–Crippen LogP) is 1.60. The monoisotopic (exact) mass is 261 g/mol. The molecule has 19 heavy (non-hydrogen) atoms. The van der Waals surface area contributed by atoms with Crippen LogP contribution in [0.25, 0.3) is 0 Å². The van der Waals surface area contributed by atoms with E-state index < -0.39 is 11.5 Å². The third-order valence-corrected chi connectivity index (χ3v) is 4.08. The summed E-state index contributed by atoms with van der Waals surface area (Å²) in [5.41, 5.74) is -0.867. The van der Waals surface area contributed by atoms with Crippen molar-refractivity contribution in [1.82, 2.24) is 4.90 Å².